The maximum absolute atomic E-state index is 12.2. The van der Waals surface area contributed by atoms with E-state index in [4.69, 9.17) is 4.74 Å². The molecule has 2 atom stereocenters. The molecule has 2 amide bonds. The third kappa shape index (κ3) is 5.93. The number of hydrogen-bond donors (Lipinski definition) is 2. The second kappa shape index (κ2) is 9.00. The first-order valence-electron chi connectivity index (χ1n) is 7.95. The van der Waals surface area contributed by atoms with Crippen molar-refractivity contribution in [1.82, 2.24) is 15.5 Å². The number of morpholine rings is 1. The SMILES string of the molecule is CC(=O)N[C@@H](CC(=O)NC[C@H](C)N1CCOCC1)c1cccs1. The van der Waals surface area contributed by atoms with E-state index in [-0.39, 0.29) is 30.3 Å². The van der Waals surface area contributed by atoms with Gasteiger partial charge in [-0.3, -0.25) is 14.5 Å². The Hall–Kier alpha value is -1.44. The minimum Gasteiger partial charge on any atom is -0.379 e. The van der Waals surface area contributed by atoms with Crippen molar-refractivity contribution >= 4 is 23.2 Å². The summed E-state index contributed by atoms with van der Waals surface area (Å²) in [4.78, 5) is 26.9. The second-order valence-electron chi connectivity index (χ2n) is 5.77. The second-order valence-corrected chi connectivity index (χ2v) is 6.75. The fourth-order valence-corrected chi connectivity index (χ4v) is 3.40. The van der Waals surface area contributed by atoms with Gasteiger partial charge in [0, 0.05) is 37.5 Å². The Kier molecular flexibility index (Phi) is 7.01. The summed E-state index contributed by atoms with van der Waals surface area (Å²) in [7, 11) is 0. The largest absolute Gasteiger partial charge is 0.379 e. The van der Waals surface area contributed by atoms with Crippen molar-refractivity contribution in [3.8, 4) is 0 Å². The molecule has 1 aliphatic rings. The van der Waals surface area contributed by atoms with Crippen LogP contribution >= 0.6 is 11.3 Å². The average molecular weight is 339 g/mol. The number of ether oxygens (including phenoxy) is 1. The maximum Gasteiger partial charge on any atom is 0.222 e. The summed E-state index contributed by atoms with van der Waals surface area (Å²) in [6.45, 7) is 7.50. The molecule has 2 rings (SSSR count). The Morgan fingerprint density at radius 1 is 1.39 bits per heavy atom. The number of nitrogens with one attached hydrogen (secondary N) is 2. The van der Waals surface area contributed by atoms with Crippen LogP contribution in [-0.4, -0.2) is 55.6 Å². The van der Waals surface area contributed by atoms with Gasteiger partial charge in [-0.2, -0.15) is 0 Å². The summed E-state index contributed by atoms with van der Waals surface area (Å²) < 4.78 is 5.34. The van der Waals surface area contributed by atoms with Crippen LogP contribution in [0.3, 0.4) is 0 Å². The van der Waals surface area contributed by atoms with Gasteiger partial charge in [0.1, 0.15) is 0 Å². The van der Waals surface area contributed by atoms with Gasteiger partial charge in [0.2, 0.25) is 11.8 Å². The Morgan fingerprint density at radius 3 is 2.74 bits per heavy atom. The highest BCUT2D eigenvalue weighted by atomic mass is 32.1. The van der Waals surface area contributed by atoms with Crippen LogP contribution in [0.2, 0.25) is 0 Å². The molecule has 7 heteroatoms. The van der Waals surface area contributed by atoms with Crippen molar-refractivity contribution in [3.05, 3.63) is 22.4 Å². The third-order valence-electron chi connectivity index (χ3n) is 3.92. The highest BCUT2D eigenvalue weighted by Crippen LogP contribution is 2.21. The Balaban J connectivity index is 1.80. The molecule has 2 N–H and O–H groups in total. The Labute approximate surface area is 141 Å². The number of thiophene rings is 1. The van der Waals surface area contributed by atoms with Gasteiger partial charge in [0.05, 0.1) is 25.7 Å². The Bertz CT molecular complexity index is 501. The van der Waals surface area contributed by atoms with E-state index in [0.717, 1.165) is 31.2 Å². The average Bonchev–Trinajstić information content (AvgIpc) is 3.07. The van der Waals surface area contributed by atoms with Gasteiger partial charge in [0.15, 0.2) is 0 Å². The quantitative estimate of drug-likeness (QED) is 0.782. The molecule has 0 spiro atoms. The normalized spacial score (nSPS) is 18.2. The van der Waals surface area contributed by atoms with Gasteiger partial charge >= 0.3 is 0 Å². The first-order chi connectivity index (χ1) is 11.1. The first kappa shape index (κ1) is 17.9. The highest BCUT2D eigenvalue weighted by molar-refractivity contribution is 7.10. The van der Waals surface area contributed by atoms with Crippen LogP contribution in [0, 0.1) is 0 Å². The van der Waals surface area contributed by atoms with E-state index in [2.05, 4.69) is 22.5 Å². The fourth-order valence-electron chi connectivity index (χ4n) is 2.62. The zero-order valence-corrected chi connectivity index (χ0v) is 14.5. The molecule has 0 saturated carbocycles. The predicted molar refractivity (Wildman–Crippen MR) is 90.4 cm³/mol. The molecule has 0 aromatic carbocycles. The number of carbonyl (C=O) groups excluding carboxylic acids is 2. The molecule has 1 aliphatic heterocycles. The van der Waals surface area contributed by atoms with Gasteiger partial charge in [-0.15, -0.1) is 11.3 Å². The van der Waals surface area contributed by atoms with E-state index in [1.165, 1.54) is 6.92 Å². The number of hydrogen-bond acceptors (Lipinski definition) is 5. The zero-order chi connectivity index (χ0) is 16.7. The topological polar surface area (TPSA) is 70.7 Å². The number of rotatable bonds is 7. The van der Waals surface area contributed by atoms with Crippen LogP contribution in [0.25, 0.3) is 0 Å². The molecule has 0 bridgehead atoms. The van der Waals surface area contributed by atoms with E-state index in [9.17, 15) is 9.59 Å². The summed E-state index contributed by atoms with van der Waals surface area (Å²) in [6, 6.07) is 3.89. The van der Waals surface area contributed by atoms with Crippen LogP contribution in [-0.2, 0) is 14.3 Å². The highest BCUT2D eigenvalue weighted by Gasteiger charge is 2.20. The molecule has 0 aliphatic carbocycles. The Morgan fingerprint density at radius 2 is 2.13 bits per heavy atom. The molecule has 128 valence electrons. The minimum absolute atomic E-state index is 0.0442. The zero-order valence-electron chi connectivity index (χ0n) is 13.7. The molecule has 1 aromatic heterocycles. The monoisotopic (exact) mass is 339 g/mol. The standard InChI is InChI=1S/C16H25N3O3S/c1-12(19-5-7-22-8-6-19)11-17-16(21)10-14(18-13(2)20)15-4-3-9-23-15/h3-4,9,12,14H,5-8,10-11H2,1-2H3,(H,17,21)(H,18,20)/t12-,14-/m0/s1. The summed E-state index contributed by atoms with van der Waals surface area (Å²) in [5.41, 5.74) is 0. The van der Waals surface area contributed by atoms with Crippen LogP contribution in [0.15, 0.2) is 17.5 Å². The van der Waals surface area contributed by atoms with Crippen molar-refractivity contribution in [2.45, 2.75) is 32.4 Å². The third-order valence-corrected chi connectivity index (χ3v) is 4.90. The van der Waals surface area contributed by atoms with Crippen molar-refractivity contribution in [2.75, 3.05) is 32.8 Å². The van der Waals surface area contributed by atoms with Crippen molar-refractivity contribution < 1.29 is 14.3 Å². The molecule has 1 fully saturated rings. The van der Waals surface area contributed by atoms with Crippen LogP contribution in [0.1, 0.15) is 31.2 Å². The van der Waals surface area contributed by atoms with Crippen LogP contribution in [0.4, 0.5) is 0 Å². The molecule has 23 heavy (non-hydrogen) atoms. The van der Waals surface area contributed by atoms with Gasteiger partial charge < -0.3 is 15.4 Å². The van der Waals surface area contributed by atoms with Crippen molar-refractivity contribution in [1.29, 1.82) is 0 Å². The lowest BCUT2D eigenvalue weighted by molar-refractivity contribution is -0.123. The molecule has 2 heterocycles. The molecular weight excluding hydrogens is 314 g/mol. The van der Waals surface area contributed by atoms with E-state index in [0.29, 0.717) is 6.54 Å². The van der Waals surface area contributed by atoms with Crippen LogP contribution < -0.4 is 10.6 Å². The van der Waals surface area contributed by atoms with Gasteiger partial charge in [-0.25, -0.2) is 0 Å². The minimum atomic E-state index is -0.258. The van der Waals surface area contributed by atoms with Crippen molar-refractivity contribution in [3.63, 3.8) is 0 Å². The van der Waals surface area contributed by atoms with E-state index in [1.54, 1.807) is 11.3 Å². The first-order valence-corrected chi connectivity index (χ1v) is 8.83. The number of nitrogens with zero attached hydrogens (tertiary/aromatic N) is 1. The lowest BCUT2D eigenvalue weighted by Crippen LogP contribution is -2.47. The van der Waals surface area contributed by atoms with E-state index >= 15 is 0 Å². The van der Waals surface area contributed by atoms with E-state index < -0.39 is 0 Å². The molecule has 1 saturated heterocycles. The van der Waals surface area contributed by atoms with Gasteiger partial charge in [-0.1, -0.05) is 6.07 Å². The summed E-state index contributed by atoms with van der Waals surface area (Å²) in [5, 5.41) is 7.77. The number of amides is 2. The maximum atomic E-state index is 12.2. The van der Waals surface area contributed by atoms with Gasteiger partial charge in [0.25, 0.3) is 0 Å². The smallest absolute Gasteiger partial charge is 0.222 e. The summed E-state index contributed by atoms with van der Waals surface area (Å²) in [6.07, 6.45) is 0.260. The van der Waals surface area contributed by atoms with E-state index in [1.807, 2.05) is 17.5 Å². The molecule has 1 aromatic rings. The van der Waals surface area contributed by atoms with Gasteiger partial charge in [-0.05, 0) is 18.4 Å². The van der Waals surface area contributed by atoms with Crippen LogP contribution in [0.5, 0.6) is 0 Å². The molecule has 6 nitrogen and oxygen atoms in total. The molecular formula is C16H25N3O3S. The summed E-state index contributed by atoms with van der Waals surface area (Å²) >= 11 is 1.55. The molecule has 0 unspecified atom stereocenters. The fraction of sp³-hybridized carbons (Fsp3) is 0.625. The van der Waals surface area contributed by atoms with Crippen molar-refractivity contribution in [2.24, 2.45) is 0 Å². The number of carbonyl (C=O) groups is 2. The lowest BCUT2D eigenvalue weighted by atomic mass is 10.1. The lowest BCUT2D eigenvalue weighted by Gasteiger charge is -2.32. The predicted octanol–water partition coefficient (Wildman–Crippen LogP) is 1.15. The summed E-state index contributed by atoms with van der Waals surface area (Å²) in [5.74, 6) is -0.171. The molecule has 0 radical (unpaired) electrons.